The molecule has 2 amide bonds. The fourth-order valence-electron chi connectivity index (χ4n) is 4.59. The molecule has 0 aromatic heterocycles. The van der Waals surface area contributed by atoms with Crippen LogP contribution in [0.4, 0.5) is 4.39 Å². The van der Waals surface area contributed by atoms with Gasteiger partial charge in [0.25, 0.3) is 5.91 Å². The minimum atomic E-state index is -0.341. The van der Waals surface area contributed by atoms with Crippen molar-refractivity contribution in [1.82, 2.24) is 14.7 Å². The van der Waals surface area contributed by atoms with Gasteiger partial charge >= 0.3 is 0 Å². The van der Waals surface area contributed by atoms with Crippen molar-refractivity contribution >= 4 is 11.8 Å². The van der Waals surface area contributed by atoms with Crippen LogP contribution in [0.25, 0.3) is 0 Å². The third-order valence-corrected chi connectivity index (χ3v) is 6.21. The molecule has 0 bridgehead atoms. The molecule has 3 fully saturated rings. The van der Waals surface area contributed by atoms with Gasteiger partial charge in [0.2, 0.25) is 5.91 Å². The van der Waals surface area contributed by atoms with Crippen molar-refractivity contribution in [3.63, 3.8) is 0 Å². The number of nitrogens with zero attached hydrogens (tertiary/aromatic N) is 3. The average molecular weight is 389 g/mol. The van der Waals surface area contributed by atoms with Crippen LogP contribution in [0.3, 0.4) is 0 Å². The van der Waals surface area contributed by atoms with Gasteiger partial charge in [0.05, 0.1) is 6.04 Å². The number of rotatable bonds is 3. The Morgan fingerprint density at radius 2 is 1.64 bits per heavy atom. The first-order valence-electron chi connectivity index (χ1n) is 10.3. The molecule has 7 heteroatoms. The Hall–Kier alpha value is -1.99. The molecule has 3 aliphatic heterocycles. The molecule has 3 saturated heterocycles. The second-order valence-corrected chi connectivity index (χ2v) is 7.87. The van der Waals surface area contributed by atoms with Crippen molar-refractivity contribution in [2.75, 3.05) is 45.9 Å². The van der Waals surface area contributed by atoms with Crippen LogP contribution in [-0.2, 0) is 9.53 Å². The van der Waals surface area contributed by atoms with Crippen LogP contribution in [0.1, 0.15) is 36.0 Å². The second-order valence-electron chi connectivity index (χ2n) is 7.87. The molecule has 28 heavy (non-hydrogen) atoms. The maximum Gasteiger partial charge on any atom is 0.253 e. The fourth-order valence-corrected chi connectivity index (χ4v) is 4.59. The summed E-state index contributed by atoms with van der Waals surface area (Å²) in [5, 5.41) is 0. The number of carbonyl (C=O) groups is 2. The largest absolute Gasteiger partial charge is 0.381 e. The van der Waals surface area contributed by atoms with Crippen LogP contribution in [0.15, 0.2) is 24.3 Å². The SMILES string of the molecule is O=C(c1ccc(F)cc1)N1CCN([C@@H]2CCCN(C3CCOCC3)C2=O)CC1. The lowest BCUT2D eigenvalue weighted by atomic mass is 9.97. The van der Waals surface area contributed by atoms with E-state index in [4.69, 9.17) is 4.74 Å². The predicted octanol–water partition coefficient (Wildman–Crippen LogP) is 1.75. The summed E-state index contributed by atoms with van der Waals surface area (Å²) in [5.74, 6) is -0.166. The van der Waals surface area contributed by atoms with Gasteiger partial charge < -0.3 is 14.5 Å². The van der Waals surface area contributed by atoms with Gasteiger partial charge in [-0.1, -0.05) is 0 Å². The summed E-state index contributed by atoms with van der Waals surface area (Å²) in [4.78, 5) is 31.8. The maximum absolute atomic E-state index is 13.1. The first kappa shape index (κ1) is 19.3. The van der Waals surface area contributed by atoms with Gasteiger partial charge in [0, 0.05) is 57.5 Å². The molecule has 4 rings (SSSR count). The quantitative estimate of drug-likeness (QED) is 0.791. The number of benzene rings is 1. The molecule has 1 aromatic carbocycles. The minimum Gasteiger partial charge on any atom is -0.381 e. The minimum absolute atomic E-state index is 0.0698. The van der Waals surface area contributed by atoms with E-state index >= 15 is 0 Å². The molecule has 1 atom stereocenters. The summed E-state index contributed by atoms with van der Waals surface area (Å²) < 4.78 is 18.5. The highest BCUT2D eigenvalue weighted by Crippen LogP contribution is 2.24. The Morgan fingerprint density at radius 3 is 2.32 bits per heavy atom. The fraction of sp³-hybridized carbons (Fsp3) is 0.619. The summed E-state index contributed by atoms with van der Waals surface area (Å²) in [5.41, 5.74) is 0.509. The number of amides is 2. The number of hydrogen-bond donors (Lipinski definition) is 0. The number of piperidine rings is 1. The molecule has 0 N–H and O–H groups in total. The van der Waals surface area contributed by atoms with Crippen molar-refractivity contribution in [3.05, 3.63) is 35.6 Å². The molecular formula is C21H28FN3O3. The molecule has 0 spiro atoms. The van der Waals surface area contributed by atoms with Gasteiger partial charge in [0.1, 0.15) is 5.82 Å². The molecule has 0 saturated carbocycles. The molecule has 0 aliphatic carbocycles. The number of carbonyl (C=O) groups excluding carboxylic acids is 2. The highest BCUT2D eigenvalue weighted by Gasteiger charge is 2.38. The maximum atomic E-state index is 13.1. The summed E-state index contributed by atoms with van der Waals surface area (Å²) in [6.45, 7) is 4.92. The Bertz CT molecular complexity index is 697. The van der Waals surface area contributed by atoms with Crippen LogP contribution in [0.2, 0.25) is 0 Å². The van der Waals surface area contributed by atoms with Crippen LogP contribution in [0, 0.1) is 5.82 Å². The van der Waals surface area contributed by atoms with Crippen LogP contribution >= 0.6 is 0 Å². The van der Waals surface area contributed by atoms with E-state index in [1.165, 1.54) is 24.3 Å². The van der Waals surface area contributed by atoms with E-state index in [2.05, 4.69) is 9.80 Å². The third kappa shape index (κ3) is 4.05. The monoisotopic (exact) mass is 389 g/mol. The first-order chi connectivity index (χ1) is 13.6. The lowest BCUT2D eigenvalue weighted by Crippen LogP contribution is -2.60. The number of hydrogen-bond acceptors (Lipinski definition) is 4. The summed E-state index contributed by atoms with van der Waals surface area (Å²) >= 11 is 0. The molecule has 3 heterocycles. The molecule has 6 nitrogen and oxygen atoms in total. The Labute approximate surface area is 165 Å². The van der Waals surface area contributed by atoms with Gasteiger partial charge in [-0.3, -0.25) is 14.5 Å². The summed E-state index contributed by atoms with van der Waals surface area (Å²) in [6.07, 6.45) is 3.78. The van der Waals surface area contributed by atoms with E-state index in [0.717, 1.165) is 45.4 Å². The van der Waals surface area contributed by atoms with Gasteiger partial charge in [0.15, 0.2) is 0 Å². The number of piperazine rings is 1. The van der Waals surface area contributed by atoms with Gasteiger partial charge in [-0.15, -0.1) is 0 Å². The molecule has 0 radical (unpaired) electrons. The second kappa shape index (κ2) is 8.57. The number of ether oxygens (including phenoxy) is 1. The zero-order valence-corrected chi connectivity index (χ0v) is 16.2. The van der Waals surface area contributed by atoms with Crippen LogP contribution in [0.5, 0.6) is 0 Å². The lowest BCUT2D eigenvalue weighted by molar-refractivity contribution is -0.145. The normalized spacial score (nSPS) is 25.2. The molecule has 152 valence electrons. The Kier molecular flexibility index (Phi) is 5.92. The molecule has 3 aliphatic rings. The van der Waals surface area contributed by atoms with E-state index < -0.39 is 0 Å². The smallest absolute Gasteiger partial charge is 0.253 e. The van der Waals surface area contributed by atoms with E-state index in [0.29, 0.717) is 37.8 Å². The van der Waals surface area contributed by atoms with E-state index in [1.807, 2.05) is 0 Å². The van der Waals surface area contributed by atoms with E-state index in [-0.39, 0.29) is 23.7 Å². The van der Waals surface area contributed by atoms with Crippen molar-refractivity contribution in [3.8, 4) is 0 Å². The predicted molar refractivity (Wildman–Crippen MR) is 102 cm³/mol. The number of likely N-dealkylation sites (tertiary alicyclic amines) is 1. The molecule has 0 unspecified atom stereocenters. The lowest BCUT2D eigenvalue weighted by Gasteiger charge is -2.45. The van der Waals surface area contributed by atoms with Gasteiger partial charge in [-0.05, 0) is 49.9 Å². The van der Waals surface area contributed by atoms with E-state index in [9.17, 15) is 14.0 Å². The topological polar surface area (TPSA) is 53.1 Å². The van der Waals surface area contributed by atoms with Gasteiger partial charge in [-0.25, -0.2) is 4.39 Å². The highest BCUT2D eigenvalue weighted by molar-refractivity contribution is 5.94. The standard InChI is InChI=1S/C21H28FN3O3/c22-17-5-3-16(4-6-17)20(26)24-12-10-23(11-13-24)19-2-1-9-25(21(19)27)18-7-14-28-15-8-18/h3-6,18-19H,1-2,7-15H2/t19-/m1/s1. The Morgan fingerprint density at radius 1 is 0.964 bits per heavy atom. The van der Waals surface area contributed by atoms with Crippen LogP contribution in [-0.4, -0.2) is 84.5 Å². The number of halogens is 1. The first-order valence-corrected chi connectivity index (χ1v) is 10.3. The zero-order chi connectivity index (χ0) is 19.5. The molecular weight excluding hydrogens is 361 g/mol. The van der Waals surface area contributed by atoms with Crippen molar-refractivity contribution < 1.29 is 18.7 Å². The van der Waals surface area contributed by atoms with E-state index in [1.54, 1.807) is 4.90 Å². The summed E-state index contributed by atoms with van der Waals surface area (Å²) in [6, 6.07) is 5.93. The van der Waals surface area contributed by atoms with Crippen LogP contribution < -0.4 is 0 Å². The molecule has 1 aromatic rings. The summed E-state index contributed by atoms with van der Waals surface area (Å²) in [7, 11) is 0. The average Bonchev–Trinajstić information content (AvgIpc) is 2.75. The van der Waals surface area contributed by atoms with Crippen molar-refractivity contribution in [2.24, 2.45) is 0 Å². The van der Waals surface area contributed by atoms with Crippen molar-refractivity contribution in [2.45, 2.75) is 37.8 Å². The van der Waals surface area contributed by atoms with Crippen molar-refractivity contribution in [1.29, 1.82) is 0 Å². The Balaban J connectivity index is 1.34. The zero-order valence-electron chi connectivity index (χ0n) is 16.2. The third-order valence-electron chi connectivity index (χ3n) is 6.21. The highest BCUT2D eigenvalue weighted by atomic mass is 19.1. The van der Waals surface area contributed by atoms with Gasteiger partial charge in [-0.2, -0.15) is 0 Å².